The molecule has 0 saturated carbocycles. The van der Waals surface area contributed by atoms with E-state index >= 15 is 0 Å². The molecule has 0 radical (unpaired) electrons. The lowest BCUT2D eigenvalue weighted by atomic mass is 9.98. The molecular weight excluding hydrogens is 655 g/mol. The van der Waals surface area contributed by atoms with Gasteiger partial charge < -0.3 is 19.9 Å². The fraction of sp³-hybridized carbons (Fsp3) is 0.235. The number of fused-ring (bicyclic) bond motifs is 2. The van der Waals surface area contributed by atoms with Crippen LogP contribution in [0.3, 0.4) is 0 Å². The molecule has 1 aliphatic heterocycles. The van der Waals surface area contributed by atoms with Gasteiger partial charge in [-0.3, -0.25) is 9.36 Å². The summed E-state index contributed by atoms with van der Waals surface area (Å²) in [6.45, 7) is 0.792. The largest absolute Gasteiger partial charge is 0.497 e. The van der Waals surface area contributed by atoms with Crippen molar-refractivity contribution in [3.05, 3.63) is 93.3 Å². The zero-order valence-electron chi connectivity index (χ0n) is 25.2. The van der Waals surface area contributed by atoms with Gasteiger partial charge in [0.05, 0.1) is 49.1 Å². The van der Waals surface area contributed by atoms with E-state index < -0.39 is 5.95 Å². The Bertz CT molecular complexity index is 2160. The summed E-state index contributed by atoms with van der Waals surface area (Å²) in [6.07, 6.45) is 6.04. The van der Waals surface area contributed by atoms with Crippen molar-refractivity contribution < 1.29 is 18.6 Å². The summed E-state index contributed by atoms with van der Waals surface area (Å²) in [7, 11) is 3.12. The minimum absolute atomic E-state index is 0.0900. The Labute approximate surface area is 271 Å². The van der Waals surface area contributed by atoms with Gasteiger partial charge in [-0.15, -0.1) is 0 Å². The molecule has 46 heavy (non-hydrogen) atoms. The molecule has 1 fully saturated rings. The number of halogens is 2. The summed E-state index contributed by atoms with van der Waals surface area (Å²) in [6, 6.07) is 15.9. The number of nitrogen functional groups attached to an aromatic ring is 1. The summed E-state index contributed by atoms with van der Waals surface area (Å²) in [5, 5.41) is 5.82. The lowest BCUT2D eigenvalue weighted by Gasteiger charge is -2.23. The lowest BCUT2D eigenvalue weighted by molar-refractivity contribution is -0.0366. The van der Waals surface area contributed by atoms with Crippen molar-refractivity contribution in [3.8, 4) is 34.0 Å². The van der Waals surface area contributed by atoms with Gasteiger partial charge in [-0.05, 0) is 77.2 Å². The Morgan fingerprint density at radius 1 is 1.07 bits per heavy atom. The standard InChI is InChI=1S/C34H30BrFN6O4/c1-44-21-11-9-20(27(14-21)45-2)18-41-33(19-10-12-28(36)38-16-19)40-32-25(35)15-23(31(37)30(32)34(41)43)22-6-5-7-26-24(22)17-39-42(26)29-8-3-4-13-46-29/h5-7,9-12,14-17,29H,3-4,8,13,18,37H2,1-2H3. The van der Waals surface area contributed by atoms with Crippen LogP contribution < -0.4 is 20.8 Å². The van der Waals surface area contributed by atoms with Gasteiger partial charge in [-0.1, -0.05) is 12.1 Å². The number of hydrogen-bond donors (Lipinski definition) is 1. The Morgan fingerprint density at radius 2 is 1.93 bits per heavy atom. The maximum absolute atomic E-state index is 14.6. The van der Waals surface area contributed by atoms with Crippen LogP contribution in [0.2, 0.25) is 0 Å². The van der Waals surface area contributed by atoms with Crippen LogP contribution in [-0.2, 0) is 11.3 Å². The zero-order valence-corrected chi connectivity index (χ0v) is 26.8. The molecule has 1 unspecified atom stereocenters. The zero-order chi connectivity index (χ0) is 31.9. The third-order valence-corrected chi connectivity index (χ3v) is 9.00. The number of aromatic nitrogens is 5. The SMILES string of the molecule is COc1ccc(Cn2c(-c3ccc(F)nc3)nc3c(Br)cc(-c4cccc5c4cnn5C4CCCCO4)c(N)c3c2=O)c(OC)c1. The molecular formula is C34H30BrFN6O4. The molecule has 10 nitrogen and oxygen atoms in total. The summed E-state index contributed by atoms with van der Waals surface area (Å²) in [5.74, 6) is 0.797. The Hall–Kier alpha value is -4.81. The number of benzene rings is 3. The van der Waals surface area contributed by atoms with E-state index in [9.17, 15) is 9.18 Å². The predicted molar refractivity (Wildman–Crippen MR) is 178 cm³/mol. The molecule has 4 heterocycles. The van der Waals surface area contributed by atoms with E-state index in [4.69, 9.17) is 24.9 Å². The van der Waals surface area contributed by atoms with Crippen LogP contribution in [0.4, 0.5) is 10.1 Å². The molecule has 3 aromatic carbocycles. The second kappa shape index (κ2) is 12.2. The van der Waals surface area contributed by atoms with Crippen LogP contribution in [0, 0.1) is 5.95 Å². The Kier molecular flexibility index (Phi) is 7.91. The highest BCUT2D eigenvalue weighted by Crippen LogP contribution is 2.40. The second-order valence-electron chi connectivity index (χ2n) is 11.1. The van der Waals surface area contributed by atoms with Gasteiger partial charge in [-0.2, -0.15) is 9.49 Å². The minimum atomic E-state index is -0.641. The number of hydrogen-bond acceptors (Lipinski definition) is 8. The number of ether oxygens (including phenoxy) is 3. The normalized spacial score (nSPS) is 15.0. The predicted octanol–water partition coefficient (Wildman–Crippen LogP) is 6.72. The first-order valence-electron chi connectivity index (χ1n) is 14.8. The first-order chi connectivity index (χ1) is 22.4. The quantitative estimate of drug-likeness (QED) is 0.145. The van der Waals surface area contributed by atoms with E-state index in [0.29, 0.717) is 50.6 Å². The summed E-state index contributed by atoms with van der Waals surface area (Å²) in [4.78, 5) is 23.3. The smallest absolute Gasteiger partial charge is 0.264 e. The second-order valence-corrected chi connectivity index (χ2v) is 11.9. The van der Waals surface area contributed by atoms with Gasteiger partial charge in [0.25, 0.3) is 5.56 Å². The van der Waals surface area contributed by atoms with Gasteiger partial charge in [-0.25, -0.2) is 14.6 Å². The van der Waals surface area contributed by atoms with Crippen molar-refractivity contribution in [1.82, 2.24) is 24.3 Å². The first-order valence-corrected chi connectivity index (χ1v) is 15.6. The Balaban J connectivity index is 1.44. The van der Waals surface area contributed by atoms with Crippen molar-refractivity contribution in [2.75, 3.05) is 26.6 Å². The molecule has 7 rings (SSSR count). The molecule has 2 N–H and O–H groups in total. The molecule has 1 saturated heterocycles. The van der Waals surface area contributed by atoms with Gasteiger partial charge in [0.15, 0.2) is 6.23 Å². The molecule has 1 aliphatic rings. The topological polar surface area (TPSA) is 119 Å². The third kappa shape index (κ3) is 5.17. The third-order valence-electron chi connectivity index (χ3n) is 8.39. The van der Waals surface area contributed by atoms with E-state index in [0.717, 1.165) is 35.7 Å². The molecule has 0 bridgehead atoms. The van der Waals surface area contributed by atoms with Crippen molar-refractivity contribution in [2.45, 2.75) is 32.0 Å². The van der Waals surface area contributed by atoms with Crippen LogP contribution in [0.25, 0.3) is 44.3 Å². The molecule has 234 valence electrons. The molecule has 6 aromatic rings. The molecule has 0 aliphatic carbocycles. The van der Waals surface area contributed by atoms with Gasteiger partial charge >= 0.3 is 0 Å². The summed E-state index contributed by atoms with van der Waals surface area (Å²) >= 11 is 3.68. The summed E-state index contributed by atoms with van der Waals surface area (Å²) < 4.78 is 34.8. The highest BCUT2D eigenvalue weighted by Gasteiger charge is 2.24. The van der Waals surface area contributed by atoms with E-state index in [-0.39, 0.29) is 29.4 Å². The minimum Gasteiger partial charge on any atom is -0.497 e. The number of pyridine rings is 1. The van der Waals surface area contributed by atoms with Crippen LogP contribution in [0.5, 0.6) is 11.5 Å². The van der Waals surface area contributed by atoms with Crippen LogP contribution >= 0.6 is 15.9 Å². The average molecular weight is 686 g/mol. The number of anilines is 1. The molecule has 3 aromatic heterocycles. The molecule has 0 amide bonds. The molecule has 12 heteroatoms. The summed E-state index contributed by atoms with van der Waals surface area (Å²) in [5.41, 5.74) is 10.8. The van der Waals surface area contributed by atoms with Gasteiger partial charge in [0, 0.05) is 45.4 Å². The number of methoxy groups -OCH3 is 2. The van der Waals surface area contributed by atoms with Gasteiger partial charge in [0.2, 0.25) is 5.95 Å². The highest BCUT2D eigenvalue weighted by atomic mass is 79.9. The fourth-order valence-corrected chi connectivity index (χ4v) is 6.60. The van der Waals surface area contributed by atoms with Crippen molar-refractivity contribution in [3.63, 3.8) is 0 Å². The first kappa shape index (κ1) is 29.9. The van der Waals surface area contributed by atoms with Gasteiger partial charge in [0.1, 0.15) is 17.3 Å². The van der Waals surface area contributed by atoms with E-state index in [1.54, 1.807) is 26.4 Å². The van der Waals surface area contributed by atoms with Crippen LogP contribution in [0.15, 0.2) is 76.3 Å². The average Bonchev–Trinajstić information content (AvgIpc) is 3.53. The van der Waals surface area contributed by atoms with E-state index in [1.165, 1.54) is 22.9 Å². The fourth-order valence-electron chi connectivity index (χ4n) is 6.08. The van der Waals surface area contributed by atoms with Crippen LogP contribution in [-0.4, -0.2) is 45.1 Å². The Morgan fingerprint density at radius 3 is 2.67 bits per heavy atom. The number of rotatable bonds is 7. The van der Waals surface area contributed by atoms with E-state index in [1.807, 2.05) is 41.2 Å². The van der Waals surface area contributed by atoms with Crippen molar-refractivity contribution >= 4 is 43.4 Å². The number of nitrogens with zero attached hydrogens (tertiary/aromatic N) is 5. The lowest BCUT2D eigenvalue weighted by Crippen LogP contribution is -2.25. The van der Waals surface area contributed by atoms with Crippen molar-refractivity contribution in [1.29, 1.82) is 0 Å². The molecule has 0 spiro atoms. The van der Waals surface area contributed by atoms with Crippen LogP contribution in [0.1, 0.15) is 31.1 Å². The highest BCUT2D eigenvalue weighted by molar-refractivity contribution is 9.10. The van der Waals surface area contributed by atoms with Crippen molar-refractivity contribution in [2.24, 2.45) is 0 Å². The maximum Gasteiger partial charge on any atom is 0.264 e. The monoisotopic (exact) mass is 684 g/mol. The maximum atomic E-state index is 14.6. The molecule has 1 atom stereocenters. The number of nitrogens with two attached hydrogens (primary N) is 1. The van der Waals surface area contributed by atoms with E-state index in [2.05, 4.69) is 26.0 Å².